The highest BCUT2D eigenvalue weighted by atomic mass is 32.2. The van der Waals surface area contributed by atoms with Gasteiger partial charge in [0, 0.05) is 0 Å². The van der Waals surface area contributed by atoms with Crippen molar-refractivity contribution in [3.05, 3.63) is 36.7 Å². The van der Waals surface area contributed by atoms with Gasteiger partial charge in [0.15, 0.2) is 0 Å². The second kappa shape index (κ2) is 6.20. The molecule has 7 nitrogen and oxygen atoms in total. The molecule has 20 heavy (non-hydrogen) atoms. The first-order chi connectivity index (χ1) is 9.56. The molecule has 1 aromatic carbocycles. The van der Waals surface area contributed by atoms with Gasteiger partial charge in [0.05, 0.1) is 10.9 Å². The van der Waals surface area contributed by atoms with Crippen LogP contribution < -0.4 is 11.1 Å². The van der Waals surface area contributed by atoms with Crippen LogP contribution >= 0.6 is 11.8 Å². The number of nitrogens with zero attached hydrogens (tertiary/aromatic N) is 3. The second-order valence-corrected chi connectivity index (χ2v) is 5.23. The Balaban J connectivity index is 2.03. The molecule has 2 rings (SSSR count). The first kappa shape index (κ1) is 14.1. The van der Waals surface area contributed by atoms with Crippen LogP contribution in [0.5, 0.6) is 0 Å². The quantitative estimate of drug-likeness (QED) is 0.816. The lowest BCUT2D eigenvalue weighted by Crippen LogP contribution is -2.39. The summed E-state index contributed by atoms with van der Waals surface area (Å²) >= 11 is 1.15. The molecule has 1 heterocycles. The minimum atomic E-state index is -0.870. The monoisotopic (exact) mass is 291 g/mol. The van der Waals surface area contributed by atoms with Crippen LogP contribution in [0.15, 0.2) is 41.8 Å². The second-order valence-electron chi connectivity index (χ2n) is 3.92. The summed E-state index contributed by atoms with van der Waals surface area (Å²) in [5.41, 5.74) is 5.77. The number of imide groups is 1. The van der Waals surface area contributed by atoms with Crippen LogP contribution in [0.4, 0.5) is 4.79 Å². The maximum atomic E-state index is 11.5. The summed E-state index contributed by atoms with van der Waals surface area (Å²) in [6.45, 7) is 1.64. The molecule has 0 saturated heterocycles. The molecule has 0 aliphatic rings. The molecule has 1 atom stereocenters. The third kappa shape index (κ3) is 3.58. The van der Waals surface area contributed by atoms with Crippen LogP contribution in [0, 0.1) is 0 Å². The zero-order chi connectivity index (χ0) is 14.5. The number of carbonyl (C=O) groups excluding carboxylic acids is 2. The number of benzene rings is 1. The number of aromatic nitrogens is 3. The van der Waals surface area contributed by atoms with Crippen molar-refractivity contribution >= 4 is 23.7 Å². The summed E-state index contributed by atoms with van der Waals surface area (Å²) in [4.78, 5) is 26.3. The Morgan fingerprint density at radius 3 is 2.70 bits per heavy atom. The Labute approximate surface area is 119 Å². The van der Waals surface area contributed by atoms with Crippen LogP contribution in [0.25, 0.3) is 5.69 Å². The maximum Gasteiger partial charge on any atom is 0.318 e. The number of hydrogen-bond acceptors (Lipinski definition) is 5. The van der Waals surface area contributed by atoms with E-state index in [0.717, 1.165) is 17.4 Å². The topological polar surface area (TPSA) is 103 Å². The lowest BCUT2D eigenvalue weighted by molar-refractivity contribution is -0.119. The smallest absolute Gasteiger partial charge is 0.318 e. The molecule has 104 valence electrons. The van der Waals surface area contributed by atoms with Gasteiger partial charge in [-0.3, -0.25) is 10.1 Å². The normalized spacial score (nSPS) is 11.8. The minimum Gasteiger partial charge on any atom is -0.351 e. The zero-order valence-electron chi connectivity index (χ0n) is 10.7. The summed E-state index contributed by atoms with van der Waals surface area (Å²) in [6.07, 6.45) is 1.57. The van der Waals surface area contributed by atoms with E-state index in [0.29, 0.717) is 5.16 Å². The standard InChI is InChI=1S/C12H13N5O2S/c1-8(10(18)15-11(13)19)20-12-14-7-17(16-12)9-5-3-2-4-6-9/h2-8H,1H3,(H3,13,15,18,19)/t8-/m1/s1. The summed E-state index contributed by atoms with van der Waals surface area (Å²) in [7, 11) is 0. The highest BCUT2D eigenvalue weighted by Crippen LogP contribution is 2.19. The van der Waals surface area contributed by atoms with Crippen molar-refractivity contribution in [3.63, 3.8) is 0 Å². The summed E-state index contributed by atoms with van der Waals surface area (Å²) in [5, 5.41) is 6.20. The number of amides is 3. The lowest BCUT2D eigenvalue weighted by Gasteiger charge is -2.06. The molecule has 3 N–H and O–H groups in total. The summed E-state index contributed by atoms with van der Waals surface area (Å²) in [5.74, 6) is -0.474. The molecule has 3 amide bonds. The lowest BCUT2D eigenvalue weighted by atomic mass is 10.3. The van der Waals surface area contributed by atoms with Crippen molar-refractivity contribution in [2.24, 2.45) is 5.73 Å². The third-order valence-electron chi connectivity index (χ3n) is 2.39. The van der Waals surface area contributed by atoms with Gasteiger partial charge in [0.2, 0.25) is 11.1 Å². The largest absolute Gasteiger partial charge is 0.351 e. The Bertz CT molecular complexity index is 613. The van der Waals surface area contributed by atoms with Gasteiger partial charge in [-0.2, -0.15) is 0 Å². The first-order valence-corrected chi connectivity index (χ1v) is 6.68. The van der Waals surface area contributed by atoms with E-state index in [2.05, 4.69) is 10.1 Å². The van der Waals surface area contributed by atoms with E-state index < -0.39 is 17.2 Å². The Morgan fingerprint density at radius 2 is 2.05 bits per heavy atom. The number of rotatable bonds is 4. The molecule has 2 aromatic rings. The van der Waals surface area contributed by atoms with Crippen molar-refractivity contribution in [1.29, 1.82) is 0 Å². The van der Waals surface area contributed by atoms with Crippen molar-refractivity contribution < 1.29 is 9.59 Å². The van der Waals surface area contributed by atoms with Crippen molar-refractivity contribution in [3.8, 4) is 5.69 Å². The molecule has 0 aliphatic carbocycles. The maximum absolute atomic E-state index is 11.5. The molecular formula is C12H13N5O2S. The molecule has 0 bridgehead atoms. The minimum absolute atomic E-state index is 0.445. The Kier molecular flexibility index (Phi) is 4.36. The molecule has 0 fully saturated rings. The molecular weight excluding hydrogens is 278 g/mol. The van der Waals surface area contributed by atoms with Gasteiger partial charge in [-0.05, 0) is 19.1 Å². The van der Waals surface area contributed by atoms with E-state index in [4.69, 9.17) is 5.73 Å². The number of nitrogens with one attached hydrogen (secondary N) is 1. The molecule has 8 heteroatoms. The van der Waals surface area contributed by atoms with E-state index in [1.807, 2.05) is 35.6 Å². The molecule has 0 aliphatic heterocycles. The van der Waals surface area contributed by atoms with Crippen LogP contribution in [-0.2, 0) is 4.79 Å². The Hall–Kier alpha value is -2.35. The van der Waals surface area contributed by atoms with E-state index >= 15 is 0 Å². The molecule has 0 spiro atoms. The fraction of sp³-hybridized carbons (Fsp3) is 0.167. The Morgan fingerprint density at radius 1 is 1.35 bits per heavy atom. The SMILES string of the molecule is C[C@@H](Sc1ncn(-c2ccccc2)n1)C(=O)NC(N)=O. The third-order valence-corrected chi connectivity index (χ3v) is 3.35. The number of para-hydroxylation sites is 1. The van der Waals surface area contributed by atoms with Crippen LogP contribution in [0.3, 0.4) is 0 Å². The zero-order valence-corrected chi connectivity index (χ0v) is 11.5. The number of hydrogen-bond donors (Lipinski definition) is 2. The predicted molar refractivity (Wildman–Crippen MR) is 74.4 cm³/mol. The number of primary amides is 1. The number of thioether (sulfide) groups is 1. The summed E-state index contributed by atoms with van der Waals surface area (Å²) in [6, 6.07) is 8.62. The van der Waals surface area contributed by atoms with Gasteiger partial charge in [-0.1, -0.05) is 30.0 Å². The summed E-state index contributed by atoms with van der Waals surface area (Å²) < 4.78 is 1.61. The molecule has 0 radical (unpaired) electrons. The fourth-order valence-corrected chi connectivity index (χ4v) is 2.17. The number of nitrogens with two attached hydrogens (primary N) is 1. The van der Waals surface area contributed by atoms with Gasteiger partial charge in [-0.25, -0.2) is 14.5 Å². The van der Waals surface area contributed by atoms with Crippen molar-refractivity contribution in [2.75, 3.05) is 0 Å². The molecule has 0 saturated carbocycles. The fourth-order valence-electron chi connectivity index (χ4n) is 1.44. The van der Waals surface area contributed by atoms with Gasteiger partial charge in [-0.15, -0.1) is 5.10 Å². The van der Waals surface area contributed by atoms with E-state index in [9.17, 15) is 9.59 Å². The number of urea groups is 1. The van der Waals surface area contributed by atoms with E-state index in [1.54, 1.807) is 17.9 Å². The predicted octanol–water partition coefficient (Wildman–Crippen LogP) is 0.943. The average Bonchev–Trinajstić information content (AvgIpc) is 2.87. The van der Waals surface area contributed by atoms with E-state index in [1.165, 1.54) is 0 Å². The van der Waals surface area contributed by atoms with Gasteiger partial charge in [0.1, 0.15) is 6.33 Å². The van der Waals surface area contributed by atoms with Crippen LogP contribution in [0.2, 0.25) is 0 Å². The molecule has 1 aromatic heterocycles. The number of carbonyl (C=O) groups is 2. The van der Waals surface area contributed by atoms with Crippen LogP contribution in [0.1, 0.15) is 6.92 Å². The van der Waals surface area contributed by atoms with Gasteiger partial charge in [0.25, 0.3) is 0 Å². The first-order valence-electron chi connectivity index (χ1n) is 5.80. The van der Waals surface area contributed by atoms with Crippen molar-refractivity contribution in [2.45, 2.75) is 17.3 Å². The van der Waals surface area contributed by atoms with Crippen LogP contribution in [-0.4, -0.2) is 32.0 Å². The van der Waals surface area contributed by atoms with Crippen molar-refractivity contribution in [1.82, 2.24) is 20.1 Å². The molecule has 0 unspecified atom stereocenters. The van der Waals surface area contributed by atoms with Gasteiger partial charge >= 0.3 is 6.03 Å². The highest BCUT2D eigenvalue weighted by Gasteiger charge is 2.18. The highest BCUT2D eigenvalue weighted by molar-refractivity contribution is 8.00. The van der Waals surface area contributed by atoms with E-state index in [-0.39, 0.29) is 0 Å². The average molecular weight is 291 g/mol. The van der Waals surface area contributed by atoms with Gasteiger partial charge < -0.3 is 5.73 Å².